The summed E-state index contributed by atoms with van der Waals surface area (Å²) in [6.45, 7) is 1.90. The summed E-state index contributed by atoms with van der Waals surface area (Å²) in [4.78, 5) is 28.5. The lowest BCUT2D eigenvalue weighted by molar-refractivity contribution is -0.160. The molecule has 4 bridgehead atoms. The van der Waals surface area contributed by atoms with E-state index in [2.05, 4.69) is 10.4 Å². The first-order chi connectivity index (χ1) is 13.6. The van der Waals surface area contributed by atoms with Gasteiger partial charge in [0.1, 0.15) is 6.04 Å². The van der Waals surface area contributed by atoms with Crippen LogP contribution in [0.4, 0.5) is 0 Å². The van der Waals surface area contributed by atoms with Gasteiger partial charge in [0.2, 0.25) is 11.8 Å². The second-order valence-electron chi connectivity index (χ2n) is 9.45. The zero-order valence-electron chi connectivity index (χ0n) is 16.6. The summed E-state index contributed by atoms with van der Waals surface area (Å²) < 4.78 is 6.81. The van der Waals surface area contributed by atoms with Gasteiger partial charge in [-0.3, -0.25) is 14.3 Å². The first-order valence-electron chi connectivity index (χ1n) is 10.7. The number of methoxy groups -OCH3 is 1. The van der Waals surface area contributed by atoms with Crippen molar-refractivity contribution in [2.24, 2.45) is 23.2 Å². The SMILES string of the molecule is COCCNC(=O)[C@H]1CN(C(=O)C23CC4CC(CC(C4)C2)C3)Cc2ccnn21. The first kappa shape index (κ1) is 18.2. The highest BCUT2D eigenvalue weighted by molar-refractivity contribution is 5.86. The summed E-state index contributed by atoms with van der Waals surface area (Å²) >= 11 is 0. The Bertz CT molecular complexity index is 738. The molecule has 6 rings (SSSR count). The zero-order valence-corrected chi connectivity index (χ0v) is 16.6. The van der Waals surface area contributed by atoms with Gasteiger partial charge in [-0.15, -0.1) is 0 Å². The van der Waals surface area contributed by atoms with Gasteiger partial charge in [-0.05, 0) is 62.3 Å². The van der Waals surface area contributed by atoms with E-state index >= 15 is 0 Å². The number of rotatable bonds is 5. The Morgan fingerprint density at radius 1 is 1.21 bits per heavy atom. The van der Waals surface area contributed by atoms with Gasteiger partial charge in [-0.1, -0.05) is 0 Å². The van der Waals surface area contributed by atoms with Crippen molar-refractivity contribution in [3.63, 3.8) is 0 Å². The molecule has 1 N–H and O–H groups in total. The van der Waals surface area contributed by atoms with Crippen molar-refractivity contribution in [2.45, 2.75) is 51.1 Å². The van der Waals surface area contributed by atoms with Crippen LogP contribution in [-0.4, -0.2) is 53.3 Å². The van der Waals surface area contributed by atoms with E-state index < -0.39 is 6.04 Å². The van der Waals surface area contributed by atoms with Crippen LogP contribution in [0.5, 0.6) is 0 Å². The lowest BCUT2D eigenvalue weighted by atomic mass is 9.49. The van der Waals surface area contributed by atoms with Crippen molar-refractivity contribution in [3.8, 4) is 0 Å². The molecule has 1 aromatic rings. The summed E-state index contributed by atoms with van der Waals surface area (Å²) in [5.41, 5.74) is 0.768. The smallest absolute Gasteiger partial charge is 0.246 e. The Morgan fingerprint density at radius 2 is 1.89 bits per heavy atom. The van der Waals surface area contributed by atoms with Crippen molar-refractivity contribution in [2.75, 3.05) is 26.8 Å². The fraction of sp³-hybridized carbons (Fsp3) is 0.762. The van der Waals surface area contributed by atoms with Gasteiger partial charge in [-0.2, -0.15) is 5.10 Å². The molecule has 0 spiro atoms. The highest BCUT2D eigenvalue weighted by Gasteiger charge is 2.56. The topological polar surface area (TPSA) is 76.5 Å². The van der Waals surface area contributed by atoms with Crippen LogP contribution in [0, 0.1) is 23.2 Å². The third-order valence-corrected chi connectivity index (χ3v) is 7.48. The van der Waals surface area contributed by atoms with Crippen molar-refractivity contribution < 1.29 is 14.3 Å². The van der Waals surface area contributed by atoms with E-state index in [1.807, 2.05) is 11.0 Å². The van der Waals surface area contributed by atoms with E-state index in [0.29, 0.717) is 26.2 Å². The van der Waals surface area contributed by atoms with Crippen LogP contribution in [0.3, 0.4) is 0 Å². The molecule has 7 nitrogen and oxygen atoms in total. The number of ether oxygens (including phenoxy) is 1. The van der Waals surface area contributed by atoms with Crippen LogP contribution < -0.4 is 5.32 Å². The van der Waals surface area contributed by atoms with Gasteiger partial charge in [0.15, 0.2) is 0 Å². The van der Waals surface area contributed by atoms with Gasteiger partial charge >= 0.3 is 0 Å². The lowest BCUT2D eigenvalue weighted by Crippen LogP contribution is -2.57. The van der Waals surface area contributed by atoms with E-state index in [4.69, 9.17) is 4.74 Å². The van der Waals surface area contributed by atoms with Crippen LogP contribution in [0.1, 0.15) is 50.3 Å². The van der Waals surface area contributed by atoms with Crippen LogP contribution in [0.15, 0.2) is 12.3 Å². The molecule has 1 atom stereocenters. The molecular formula is C21H30N4O3. The Morgan fingerprint density at radius 3 is 2.54 bits per heavy atom. The summed E-state index contributed by atoms with van der Waals surface area (Å²) in [5.74, 6) is 2.40. The molecule has 2 amide bonds. The number of nitrogens with one attached hydrogen (secondary N) is 1. The second kappa shape index (κ2) is 6.87. The largest absolute Gasteiger partial charge is 0.383 e. The molecule has 152 valence electrons. The molecule has 2 heterocycles. The summed E-state index contributed by atoms with van der Waals surface area (Å²) in [6, 6.07) is 1.46. The molecule has 4 saturated carbocycles. The fourth-order valence-corrected chi connectivity index (χ4v) is 6.74. The third kappa shape index (κ3) is 2.95. The predicted octanol–water partition coefficient (Wildman–Crippen LogP) is 1.75. The molecule has 0 aromatic carbocycles. The quantitative estimate of drug-likeness (QED) is 0.782. The standard InChI is InChI=1S/C21H30N4O3/c1-28-5-4-22-19(26)18-13-24(12-17-2-3-23-25(17)18)20(27)21-9-14-6-15(10-21)8-16(7-14)11-21/h2-3,14-16,18H,4-13H2,1H3,(H,22,26)/t14?,15?,16?,18-,21?/m1/s1. The molecule has 4 aliphatic carbocycles. The summed E-state index contributed by atoms with van der Waals surface area (Å²) in [6.07, 6.45) is 8.86. The molecule has 0 unspecified atom stereocenters. The fourth-order valence-electron chi connectivity index (χ4n) is 6.74. The average molecular weight is 386 g/mol. The minimum atomic E-state index is -0.464. The Labute approximate surface area is 165 Å². The van der Waals surface area contributed by atoms with E-state index in [-0.39, 0.29) is 17.2 Å². The Kier molecular flexibility index (Phi) is 4.45. The van der Waals surface area contributed by atoms with E-state index in [1.54, 1.807) is 18.0 Å². The molecule has 28 heavy (non-hydrogen) atoms. The van der Waals surface area contributed by atoms with Crippen LogP contribution in [0.25, 0.3) is 0 Å². The van der Waals surface area contributed by atoms with Crippen molar-refractivity contribution in [1.82, 2.24) is 20.0 Å². The number of fused-ring (bicyclic) bond motifs is 1. The molecule has 7 heteroatoms. The van der Waals surface area contributed by atoms with E-state index in [9.17, 15) is 9.59 Å². The number of hydrogen-bond acceptors (Lipinski definition) is 4. The van der Waals surface area contributed by atoms with Crippen LogP contribution in [0.2, 0.25) is 0 Å². The number of carbonyl (C=O) groups excluding carboxylic acids is 2. The average Bonchev–Trinajstić information content (AvgIpc) is 3.14. The van der Waals surface area contributed by atoms with E-state index in [1.165, 1.54) is 19.3 Å². The first-order valence-corrected chi connectivity index (χ1v) is 10.7. The van der Waals surface area contributed by atoms with Gasteiger partial charge in [0, 0.05) is 19.9 Å². The predicted molar refractivity (Wildman–Crippen MR) is 102 cm³/mol. The molecule has 4 fully saturated rings. The molecule has 5 aliphatic rings. The lowest BCUT2D eigenvalue weighted by Gasteiger charge is -2.57. The molecule has 0 saturated heterocycles. The summed E-state index contributed by atoms with van der Waals surface area (Å²) in [5, 5.41) is 7.28. The van der Waals surface area contributed by atoms with Gasteiger partial charge in [-0.25, -0.2) is 0 Å². The van der Waals surface area contributed by atoms with Gasteiger partial charge in [0.05, 0.1) is 30.8 Å². The number of hydrogen-bond donors (Lipinski definition) is 1. The van der Waals surface area contributed by atoms with Crippen LogP contribution >= 0.6 is 0 Å². The maximum Gasteiger partial charge on any atom is 0.246 e. The van der Waals surface area contributed by atoms with Crippen molar-refractivity contribution >= 4 is 11.8 Å². The molecular weight excluding hydrogens is 356 g/mol. The number of carbonyl (C=O) groups is 2. The monoisotopic (exact) mass is 386 g/mol. The number of amides is 2. The minimum absolute atomic E-state index is 0.0926. The minimum Gasteiger partial charge on any atom is -0.383 e. The molecule has 0 radical (unpaired) electrons. The molecule has 1 aliphatic heterocycles. The Balaban J connectivity index is 1.36. The second-order valence-corrected chi connectivity index (χ2v) is 9.45. The van der Waals surface area contributed by atoms with Crippen molar-refractivity contribution in [1.29, 1.82) is 0 Å². The maximum absolute atomic E-state index is 13.8. The van der Waals surface area contributed by atoms with Crippen molar-refractivity contribution in [3.05, 3.63) is 18.0 Å². The highest BCUT2D eigenvalue weighted by atomic mass is 16.5. The maximum atomic E-state index is 13.8. The van der Waals surface area contributed by atoms with Gasteiger partial charge < -0.3 is 15.0 Å². The number of nitrogens with zero attached hydrogens (tertiary/aromatic N) is 3. The normalized spacial score (nSPS) is 35.7. The summed E-state index contributed by atoms with van der Waals surface area (Å²) in [7, 11) is 1.62. The third-order valence-electron chi connectivity index (χ3n) is 7.48. The number of aromatic nitrogens is 2. The van der Waals surface area contributed by atoms with Crippen LogP contribution in [-0.2, 0) is 20.9 Å². The highest BCUT2D eigenvalue weighted by Crippen LogP contribution is 2.60. The zero-order chi connectivity index (χ0) is 19.3. The van der Waals surface area contributed by atoms with E-state index in [0.717, 1.165) is 42.7 Å². The van der Waals surface area contributed by atoms with Gasteiger partial charge in [0.25, 0.3) is 0 Å². The Hall–Kier alpha value is -1.89. The molecule has 1 aromatic heterocycles.